The van der Waals surface area contributed by atoms with Crippen molar-refractivity contribution in [3.05, 3.63) is 40.9 Å². The molecule has 0 aliphatic carbocycles. The van der Waals surface area contributed by atoms with E-state index in [9.17, 15) is 0 Å². The first-order valence-electron chi connectivity index (χ1n) is 6.21. The largest absolute Gasteiger partial charge is 0.413 e. The van der Waals surface area contributed by atoms with Crippen LogP contribution in [0, 0.1) is 0 Å². The number of hydrogen-bond acceptors (Lipinski definition) is 1. The highest BCUT2D eigenvalue weighted by Gasteiger charge is 2.37. The molecule has 0 spiro atoms. The van der Waals surface area contributed by atoms with Gasteiger partial charge >= 0.3 is 0 Å². The third kappa shape index (κ3) is 4.07. The van der Waals surface area contributed by atoms with Gasteiger partial charge in [-0.3, -0.25) is 0 Å². The summed E-state index contributed by atoms with van der Waals surface area (Å²) in [6.07, 6.45) is 0. The first-order valence-corrected chi connectivity index (χ1v) is 9.91. The Bertz CT molecular complexity index is 415. The second-order valence-corrected chi connectivity index (χ2v) is 11.9. The van der Waals surface area contributed by atoms with Crippen LogP contribution in [0.5, 0.6) is 0 Å². The Morgan fingerprint density at radius 2 is 1.72 bits per heavy atom. The van der Waals surface area contributed by atoms with Crippen LogP contribution in [0.15, 0.2) is 35.3 Å². The maximum absolute atomic E-state index is 6.17. The fourth-order valence-electron chi connectivity index (χ4n) is 1.25. The van der Waals surface area contributed by atoms with E-state index in [1.165, 1.54) is 0 Å². The third-order valence-corrected chi connectivity index (χ3v) is 8.67. The zero-order valence-electron chi connectivity index (χ0n) is 12.0. The highest BCUT2D eigenvalue weighted by Crippen LogP contribution is 2.37. The summed E-state index contributed by atoms with van der Waals surface area (Å²) in [6.45, 7) is 16.0. The van der Waals surface area contributed by atoms with Gasteiger partial charge < -0.3 is 4.43 Å². The number of hydrogen-bond donors (Lipinski definition) is 0. The lowest BCUT2D eigenvalue weighted by molar-refractivity contribution is 0.334. The third-order valence-electron chi connectivity index (χ3n) is 3.67. The van der Waals surface area contributed by atoms with E-state index in [1.807, 2.05) is 12.1 Å². The Morgan fingerprint density at radius 3 is 2.17 bits per heavy atom. The van der Waals surface area contributed by atoms with Crippen molar-refractivity contribution in [3.63, 3.8) is 0 Å². The van der Waals surface area contributed by atoms with Crippen molar-refractivity contribution >= 4 is 29.8 Å². The van der Waals surface area contributed by atoms with Gasteiger partial charge in [0.1, 0.15) is 0 Å². The van der Waals surface area contributed by atoms with E-state index in [-0.39, 0.29) is 5.04 Å². The first kappa shape index (κ1) is 15.7. The van der Waals surface area contributed by atoms with Gasteiger partial charge in [0.2, 0.25) is 0 Å². The van der Waals surface area contributed by atoms with Crippen molar-refractivity contribution in [2.24, 2.45) is 0 Å². The molecule has 0 N–H and O–H groups in total. The summed E-state index contributed by atoms with van der Waals surface area (Å²) < 4.78 is 7.26. The second-order valence-electron chi connectivity index (χ2n) is 6.16. The van der Waals surface area contributed by atoms with Crippen molar-refractivity contribution in [1.29, 1.82) is 0 Å². The van der Waals surface area contributed by atoms with Gasteiger partial charge in [0.25, 0.3) is 0 Å². The highest BCUT2D eigenvalue weighted by molar-refractivity contribution is 9.10. The minimum absolute atomic E-state index is 0.243. The molecule has 0 unspecified atom stereocenters. The molecule has 0 heterocycles. The van der Waals surface area contributed by atoms with Crippen molar-refractivity contribution in [3.8, 4) is 0 Å². The van der Waals surface area contributed by atoms with E-state index in [0.717, 1.165) is 15.6 Å². The maximum Gasteiger partial charge on any atom is 0.192 e. The molecule has 0 saturated carbocycles. The molecule has 1 rings (SSSR count). The summed E-state index contributed by atoms with van der Waals surface area (Å²) in [5, 5.41) is 0.243. The van der Waals surface area contributed by atoms with E-state index < -0.39 is 8.32 Å². The van der Waals surface area contributed by atoms with Crippen molar-refractivity contribution in [1.82, 2.24) is 0 Å². The quantitative estimate of drug-likeness (QED) is 0.665. The van der Waals surface area contributed by atoms with Crippen molar-refractivity contribution in [2.45, 2.75) is 38.9 Å². The topological polar surface area (TPSA) is 9.23 Å². The average Bonchev–Trinajstić information content (AvgIpc) is 2.25. The lowest BCUT2D eigenvalue weighted by Crippen LogP contribution is -2.41. The lowest BCUT2D eigenvalue weighted by atomic mass is 10.1. The minimum atomic E-state index is -1.68. The molecule has 100 valence electrons. The van der Waals surface area contributed by atoms with Crippen molar-refractivity contribution in [2.75, 3.05) is 6.61 Å². The van der Waals surface area contributed by atoms with Gasteiger partial charge in [-0.15, -0.1) is 0 Å². The molecule has 1 nitrogen and oxygen atoms in total. The van der Waals surface area contributed by atoms with E-state index in [1.54, 1.807) is 0 Å². The monoisotopic (exact) mass is 326 g/mol. The predicted molar refractivity (Wildman–Crippen MR) is 86.3 cm³/mol. The van der Waals surface area contributed by atoms with Gasteiger partial charge in [-0.1, -0.05) is 55.4 Å². The number of halogens is 1. The highest BCUT2D eigenvalue weighted by atomic mass is 79.9. The van der Waals surface area contributed by atoms with Gasteiger partial charge in [-0.2, -0.15) is 0 Å². The van der Waals surface area contributed by atoms with Crippen LogP contribution in [0.3, 0.4) is 0 Å². The molecular weight excluding hydrogens is 304 g/mol. The van der Waals surface area contributed by atoms with Gasteiger partial charge in [0.05, 0.1) is 6.61 Å². The van der Waals surface area contributed by atoms with Gasteiger partial charge in [0, 0.05) is 4.47 Å². The molecule has 0 aromatic heterocycles. The summed E-state index contributed by atoms with van der Waals surface area (Å²) >= 11 is 3.44. The molecule has 3 heteroatoms. The van der Waals surface area contributed by atoms with E-state index in [0.29, 0.717) is 6.61 Å². The second kappa shape index (κ2) is 5.72. The molecule has 0 fully saturated rings. The van der Waals surface area contributed by atoms with Crippen LogP contribution >= 0.6 is 15.9 Å². The predicted octanol–water partition coefficient (Wildman–Crippen LogP) is 5.48. The summed E-state index contributed by atoms with van der Waals surface area (Å²) in [6, 6.07) is 8.21. The fourth-order valence-corrected chi connectivity index (χ4v) is 2.49. The molecule has 1 aromatic carbocycles. The van der Waals surface area contributed by atoms with Crippen LogP contribution in [0.25, 0.3) is 5.57 Å². The van der Waals surface area contributed by atoms with Crippen LogP contribution in [-0.2, 0) is 4.43 Å². The Hall–Kier alpha value is -0.383. The summed E-state index contributed by atoms with van der Waals surface area (Å²) in [7, 11) is -1.68. The maximum atomic E-state index is 6.17. The number of rotatable bonds is 4. The Balaban J connectivity index is 2.65. The molecule has 0 atom stereocenters. The zero-order valence-corrected chi connectivity index (χ0v) is 14.6. The normalized spacial score (nSPS) is 12.6. The van der Waals surface area contributed by atoms with E-state index in [4.69, 9.17) is 4.43 Å². The van der Waals surface area contributed by atoms with E-state index in [2.05, 4.69) is 68.5 Å². The summed E-state index contributed by atoms with van der Waals surface area (Å²) in [5.41, 5.74) is 2.20. The molecule has 18 heavy (non-hydrogen) atoms. The molecule has 1 aromatic rings. The molecule has 0 bridgehead atoms. The van der Waals surface area contributed by atoms with Gasteiger partial charge in [0.15, 0.2) is 8.32 Å². The first-order chi connectivity index (χ1) is 8.13. The smallest absolute Gasteiger partial charge is 0.192 e. The standard InChI is InChI=1S/C15H23BrOSi/c1-12(13-7-9-14(16)10-8-13)11-17-18(5,6)15(2,3)4/h7-10H,1,11H2,2-6H3. The fraction of sp³-hybridized carbons (Fsp3) is 0.467. The molecule has 0 aliphatic heterocycles. The van der Waals surface area contributed by atoms with Crippen LogP contribution in [0.1, 0.15) is 26.3 Å². The van der Waals surface area contributed by atoms with Gasteiger partial charge in [-0.25, -0.2) is 0 Å². The molecular formula is C15H23BrOSi. The molecule has 0 saturated heterocycles. The van der Waals surface area contributed by atoms with Crippen LogP contribution in [-0.4, -0.2) is 14.9 Å². The van der Waals surface area contributed by atoms with Crippen LogP contribution in [0.2, 0.25) is 18.1 Å². The summed E-state index contributed by atoms with van der Waals surface area (Å²) in [5.74, 6) is 0. The Morgan fingerprint density at radius 1 is 1.22 bits per heavy atom. The average molecular weight is 327 g/mol. The van der Waals surface area contributed by atoms with Crippen LogP contribution in [0.4, 0.5) is 0 Å². The Labute approximate surface area is 121 Å². The van der Waals surface area contributed by atoms with Gasteiger partial charge in [-0.05, 0) is 41.4 Å². The molecule has 0 radical (unpaired) electrons. The summed E-state index contributed by atoms with van der Waals surface area (Å²) in [4.78, 5) is 0. The lowest BCUT2D eigenvalue weighted by Gasteiger charge is -2.36. The molecule has 0 aliphatic rings. The number of benzene rings is 1. The Kier molecular flexibility index (Phi) is 4.98. The minimum Gasteiger partial charge on any atom is -0.413 e. The van der Waals surface area contributed by atoms with E-state index >= 15 is 0 Å². The zero-order chi connectivity index (χ0) is 14.0. The van der Waals surface area contributed by atoms with Crippen LogP contribution < -0.4 is 0 Å². The molecule has 0 amide bonds. The van der Waals surface area contributed by atoms with Crippen molar-refractivity contribution < 1.29 is 4.43 Å². The SMILES string of the molecule is C=C(CO[Si](C)(C)C(C)(C)C)c1ccc(Br)cc1.